The monoisotopic (exact) mass is 428 g/mol. The molecule has 0 aliphatic carbocycles. The average Bonchev–Trinajstić information content (AvgIpc) is 3.19. The number of allylic oxidation sites excluding steroid dienone is 1. The normalized spacial score (nSPS) is 12.9. The van der Waals surface area contributed by atoms with E-state index in [1.165, 1.54) is 11.8 Å². The first-order valence-electron chi connectivity index (χ1n) is 9.37. The van der Waals surface area contributed by atoms with Crippen molar-refractivity contribution in [1.82, 2.24) is 0 Å². The maximum atomic E-state index is 10.6. The first kappa shape index (κ1) is 21.6. The number of fused-ring (bicyclic) bond motifs is 1. The van der Waals surface area contributed by atoms with Crippen molar-refractivity contribution in [2.24, 2.45) is 0 Å². The van der Waals surface area contributed by atoms with Gasteiger partial charge in [0, 0.05) is 16.9 Å². The van der Waals surface area contributed by atoms with Crippen LogP contribution in [0, 0.1) is 0 Å². The second-order valence-corrected chi connectivity index (χ2v) is 7.74. The lowest BCUT2D eigenvalue weighted by Gasteiger charge is -2.14. The zero-order valence-corrected chi connectivity index (χ0v) is 17.8. The van der Waals surface area contributed by atoms with Gasteiger partial charge in [-0.1, -0.05) is 18.7 Å². The summed E-state index contributed by atoms with van der Waals surface area (Å²) in [4.78, 5) is 10.6. The van der Waals surface area contributed by atoms with Crippen LogP contribution in [-0.2, 0) is 15.3 Å². The van der Waals surface area contributed by atoms with E-state index in [1.807, 2.05) is 56.3 Å². The molecule has 6 nitrogen and oxygen atoms in total. The van der Waals surface area contributed by atoms with Crippen molar-refractivity contribution in [2.75, 3.05) is 19.2 Å². The minimum atomic E-state index is -0.814. The fraction of sp³-hybridized carbons (Fsp3) is 0.261. The van der Waals surface area contributed by atoms with E-state index < -0.39 is 5.97 Å². The maximum absolute atomic E-state index is 10.6. The fourth-order valence-electron chi connectivity index (χ4n) is 2.68. The van der Waals surface area contributed by atoms with Crippen molar-refractivity contribution >= 4 is 23.5 Å². The molecule has 0 radical (unpaired) electrons. The second kappa shape index (κ2) is 10.1. The van der Waals surface area contributed by atoms with Gasteiger partial charge in [0.1, 0.15) is 23.9 Å². The van der Waals surface area contributed by atoms with Crippen LogP contribution in [0.4, 0.5) is 0 Å². The van der Waals surface area contributed by atoms with Gasteiger partial charge in [0.05, 0.1) is 5.75 Å². The number of carboxylic acid groups (broad SMARTS) is 1. The van der Waals surface area contributed by atoms with Crippen LogP contribution in [0.1, 0.15) is 25.0 Å². The highest BCUT2D eigenvalue weighted by molar-refractivity contribution is 7.99. The Morgan fingerprint density at radius 2 is 1.97 bits per heavy atom. The van der Waals surface area contributed by atoms with Crippen LogP contribution in [0.25, 0.3) is 5.76 Å². The van der Waals surface area contributed by atoms with E-state index in [9.17, 15) is 4.79 Å². The van der Waals surface area contributed by atoms with E-state index in [2.05, 4.69) is 6.58 Å². The summed E-state index contributed by atoms with van der Waals surface area (Å²) in [6.07, 6.45) is 0. The second-order valence-electron chi connectivity index (χ2n) is 6.75. The Hall–Kier alpha value is -3.06. The number of thioether (sulfide) groups is 1. The van der Waals surface area contributed by atoms with Crippen LogP contribution in [0.3, 0.4) is 0 Å². The molecule has 0 aromatic heterocycles. The third kappa shape index (κ3) is 5.97. The number of benzene rings is 2. The molecule has 3 rings (SSSR count). The molecular formula is C23H24O6S. The molecule has 0 bridgehead atoms. The van der Waals surface area contributed by atoms with Crippen LogP contribution < -0.4 is 14.2 Å². The number of hydrogen-bond donors (Lipinski definition) is 1. The topological polar surface area (TPSA) is 74.2 Å². The van der Waals surface area contributed by atoms with Crippen molar-refractivity contribution < 1.29 is 28.8 Å². The van der Waals surface area contributed by atoms with Gasteiger partial charge >= 0.3 is 5.97 Å². The summed E-state index contributed by atoms with van der Waals surface area (Å²) in [6.45, 7) is 8.41. The van der Waals surface area contributed by atoms with Crippen molar-refractivity contribution in [2.45, 2.75) is 19.6 Å². The Morgan fingerprint density at radius 3 is 2.77 bits per heavy atom. The van der Waals surface area contributed by atoms with E-state index in [-0.39, 0.29) is 12.5 Å². The molecule has 7 heteroatoms. The van der Waals surface area contributed by atoms with Crippen LogP contribution in [0.15, 0.2) is 60.4 Å². The molecule has 0 unspecified atom stereocenters. The predicted molar refractivity (Wildman–Crippen MR) is 117 cm³/mol. The lowest BCUT2D eigenvalue weighted by Crippen LogP contribution is -2.03. The molecule has 1 N–H and O–H groups in total. The smallest absolute Gasteiger partial charge is 0.313 e. The zero-order valence-electron chi connectivity index (χ0n) is 17.0. The Bertz CT molecular complexity index is 966. The fourth-order valence-corrected chi connectivity index (χ4v) is 3.37. The van der Waals surface area contributed by atoms with E-state index in [0.717, 1.165) is 22.4 Å². The molecule has 0 spiro atoms. The standard InChI is InChI=1S/C23H24O6S/c1-15(11-26-20-6-4-5-18(9-20)12-30-13-23(24)25)16(2)29-17(3)19-7-8-21-22(10-19)28-14-27-21/h4-10H,3,11-14H2,1-2H3,(H,24,25)/b16-15+. The average molecular weight is 429 g/mol. The maximum Gasteiger partial charge on any atom is 0.313 e. The minimum Gasteiger partial charge on any atom is -0.489 e. The van der Waals surface area contributed by atoms with Crippen molar-refractivity contribution in [3.63, 3.8) is 0 Å². The van der Waals surface area contributed by atoms with E-state index in [1.54, 1.807) is 0 Å². The van der Waals surface area contributed by atoms with Crippen molar-refractivity contribution in [1.29, 1.82) is 0 Å². The number of rotatable bonds is 10. The Balaban J connectivity index is 1.54. The van der Waals surface area contributed by atoms with Gasteiger partial charge in [-0.05, 0) is 49.7 Å². The summed E-state index contributed by atoms with van der Waals surface area (Å²) >= 11 is 1.35. The first-order chi connectivity index (χ1) is 14.4. The van der Waals surface area contributed by atoms with Gasteiger partial charge < -0.3 is 24.1 Å². The lowest BCUT2D eigenvalue weighted by atomic mass is 10.1. The van der Waals surface area contributed by atoms with E-state index >= 15 is 0 Å². The Morgan fingerprint density at radius 1 is 1.17 bits per heavy atom. The lowest BCUT2D eigenvalue weighted by molar-refractivity contribution is -0.133. The van der Waals surface area contributed by atoms with Crippen LogP contribution in [0.2, 0.25) is 0 Å². The largest absolute Gasteiger partial charge is 0.489 e. The van der Waals surface area contributed by atoms with Gasteiger partial charge in [-0.15, -0.1) is 11.8 Å². The van der Waals surface area contributed by atoms with Gasteiger partial charge in [0.2, 0.25) is 6.79 Å². The van der Waals surface area contributed by atoms with Crippen LogP contribution >= 0.6 is 11.8 Å². The first-order valence-corrected chi connectivity index (χ1v) is 10.5. The number of aliphatic carboxylic acids is 1. The molecule has 1 aliphatic rings. The third-order valence-electron chi connectivity index (χ3n) is 4.42. The van der Waals surface area contributed by atoms with Gasteiger partial charge in [0.25, 0.3) is 0 Å². The highest BCUT2D eigenvalue weighted by atomic mass is 32.2. The molecule has 0 saturated heterocycles. The van der Waals surface area contributed by atoms with Crippen LogP contribution in [-0.4, -0.2) is 30.2 Å². The third-order valence-corrected chi connectivity index (χ3v) is 5.41. The summed E-state index contributed by atoms with van der Waals surface area (Å²) in [7, 11) is 0. The highest BCUT2D eigenvalue weighted by Crippen LogP contribution is 2.34. The van der Waals surface area contributed by atoms with E-state index in [4.69, 9.17) is 24.1 Å². The SMILES string of the molecule is C=C(O/C(C)=C(\C)COc1cccc(CSCC(=O)O)c1)c1ccc2c(c1)OCO2. The Kier molecular flexibility index (Phi) is 7.30. The van der Waals surface area contributed by atoms with Gasteiger partial charge in [0.15, 0.2) is 11.5 Å². The summed E-state index contributed by atoms with van der Waals surface area (Å²) in [5.74, 6) is 3.24. The number of ether oxygens (including phenoxy) is 4. The van der Waals surface area contributed by atoms with E-state index in [0.29, 0.717) is 35.4 Å². The predicted octanol–water partition coefficient (Wildman–Crippen LogP) is 5.09. The molecule has 0 amide bonds. The zero-order chi connectivity index (χ0) is 21.5. The van der Waals surface area contributed by atoms with Gasteiger partial charge in [-0.3, -0.25) is 4.79 Å². The summed E-state index contributed by atoms with van der Waals surface area (Å²) in [5.41, 5.74) is 2.77. The quantitative estimate of drug-likeness (QED) is 0.528. The van der Waals surface area contributed by atoms with Crippen molar-refractivity contribution in [3.8, 4) is 17.2 Å². The summed E-state index contributed by atoms with van der Waals surface area (Å²) in [6, 6.07) is 13.2. The molecule has 158 valence electrons. The molecule has 30 heavy (non-hydrogen) atoms. The molecule has 0 saturated carbocycles. The Labute approximate surface area is 180 Å². The number of carbonyl (C=O) groups is 1. The molecule has 1 heterocycles. The summed E-state index contributed by atoms with van der Waals surface area (Å²) in [5, 5.41) is 8.74. The molecule has 2 aromatic rings. The number of hydrogen-bond acceptors (Lipinski definition) is 6. The summed E-state index contributed by atoms with van der Waals surface area (Å²) < 4.78 is 22.5. The minimum absolute atomic E-state index is 0.0801. The number of carboxylic acids is 1. The molecule has 0 atom stereocenters. The van der Waals surface area contributed by atoms with Crippen molar-refractivity contribution in [3.05, 3.63) is 71.5 Å². The molecule has 1 aliphatic heterocycles. The molecular weight excluding hydrogens is 404 g/mol. The molecule has 0 fully saturated rings. The van der Waals surface area contributed by atoms with Gasteiger partial charge in [-0.25, -0.2) is 0 Å². The van der Waals surface area contributed by atoms with Gasteiger partial charge in [-0.2, -0.15) is 0 Å². The molecule has 2 aromatic carbocycles. The van der Waals surface area contributed by atoms with Crippen LogP contribution in [0.5, 0.6) is 17.2 Å². The highest BCUT2D eigenvalue weighted by Gasteiger charge is 2.15.